The number of benzene rings is 1. The highest BCUT2D eigenvalue weighted by Gasteiger charge is 2.20. The fourth-order valence-corrected chi connectivity index (χ4v) is 1.96. The molecule has 1 aliphatic heterocycles. The number of nitrogens with zero attached hydrogens (tertiary/aromatic N) is 2. The summed E-state index contributed by atoms with van der Waals surface area (Å²) in [6.07, 6.45) is 0.432. The maximum atomic E-state index is 13.5. The Morgan fingerprint density at radius 3 is 3.00 bits per heavy atom. The summed E-state index contributed by atoms with van der Waals surface area (Å²) in [6, 6.07) is 6.35. The zero-order valence-corrected chi connectivity index (χ0v) is 8.86. The zero-order chi connectivity index (χ0) is 11.5. The summed E-state index contributed by atoms with van der Waals surface area (Å²) in [6.45, 7) is 1.81. The minimum absolute atomic E-state index is 0.291. The average molecular weight is 220 g/mol. The van der Waals surface area contributed by atoms with Gasteiger partial charge in [0.1, 0.15) is 5.82 Å². The van der Waals surface area contributed by atoms with Crippen LogP contribution >= 0.6 is 0 Å². The van der Waals surface area contributed by atoms with E-state index in [0.717, 1.165) is 13.0 Å². The molecular weight excluding hydrogens is 207 g/mol. The normalized spacial score (nSPS) is 20.9. The number of hydrogen-bond donors (Lipinski definition) is 1. The molecule has 3 nitrogen and oxygen atoms in total. The standard InChI is InChI=1S/C12H13FN2O/c13-12-2-1-9(6-14)5-10(12)7-15-4-3-11(16)8-15/h1-2,5,11,16H,3-4,7-8H2/t11-/m0/s1. The van der Waals surface area contributed by atoms with Crippen molar-refractivity contribution in [3.63, 3.8) is 0 Å². The molecule has 1 fully saturated rings. The van der Waals surface area contributed by atoms with Gasteiger partial charge in [0.05, 0.1) is 17.7 Å². The minimum atomic E-state index is -0.304. The molecule has 1 heterocycles. The molecule has 0 amide bonds. The molecule has 1 aromatic rings. The Hall–Kier alpha value is -1.44. The fraction of sp³-hybridized carbons (Fsp3) is 0.417. The van der Waals surface area contributed by atoms with Crippen LogP contribution in [0.25, 0.3) is 0 Å². The second-order valence-corrected chi connectivity index (χ2v) is 4.10. The molecule has 0 unspecified atom stereocenters. The summed E-state index contributed by atoms with van der Waals surface area (Å²) >= 11 is 0. The first-order chi connectivity index (χ1) is 7.69. The number of aliphatic hydroxyl groups is 1. The number of aliphatic hydroxyl groups excluding tert-OH is 1. The van der Waals surface area contributed by atoms with E-state index >= 15 is 0 Å². The maximum Gasteiger partial charge on any atom is 0.127 e. The third kappa shape index (κ3) is 2.38. The molecule has 1 aromatic carbocycles. The van der Waals surface area contributed by atoms with E-state index in [-0.39, 0.29) is 11.9 Å². The van der Waals surface area contributed by atoms with Gasteiger partial charge in [-0.05, 0) is 24.6 Å². The molecule has 1 atom stereocenters. The van der Waals surface area contributed by atoms with Crippen LogP contribution in [0, 0.1) is 17.1 Å². The van der Waals surface area contributed by atoms with E-state index in [1.54, 1.807) is 6.07 Å². The highest BCUT2D eigenvalue weighted by molar-refractivity contribution is 5.33. The molecule has 16 heavy (non-hydrogen) atoms. The smallest absolute Gasteiger partial charge is 0.127 e. The Labute approximate surface area is 93.7 Å². The van der Waals surface area contributed by atoms with Crippen molar-refractivity contribution in [2.75, 3.05) is 13.1 Å². The Bertz CT molecular complexity index is 428. The molecule has 0 saturated carbocycles. The van der Waals surface area contributed by atoms with E-state index < -0.39 is 0 Å². The van der Waals surface area contributed by atoms with Gasteiger partial charge in [-0.25, -0.2) is 4.39 Å². The molecule has 0 aromatic heterocycles. The lowest BCUT2D eigenvalue weighted by Crippen LogP contribution is -2.22. The highest BCUT2D eigenvalue weighted by atomic mass is 19.1. The first-order valence-corrected chi connectivity index (χ1v) is 5.28. The van der Waals surface area contributed by atoms with Crippen LogP contribution in [0.3, 0.4) is 0 Å². The lowest BCUT2D eigenvalue weighted by molar-refractivity contribution is 0.174. The van der Waals surface area contributed by atoms with Gasteiger partial charge in [0.15, 0.2) is 0 Å². The van der Waals surface area contributed by atoms with E-state index in [2.05, 4.69) is 0 Å². The third-order valence-electron chi connectivity index (χ3n) is 2.82. The molecule has 1 aliphatic rings. The first-order valence-electron chi connectivity index (χ1n) is 5.28. The summed E-state index contributed by atoms with van der Waals surface area (Å²) in [7, 11) is 0. The van der Waals surface area contributed by atoms with Crippen LogP contribution in [-0.4, -0.2) is 29.2 Å². The van der Waals surface area contributed by atoms with E-state index in [4.69, 9.17) is 5.26 Å². The van der Waals surface area contributed by atoms with Crippen LogP contribution in [0.5, 0.6) is 0 Å². The lowest BCUT2D eigenvalue weighted by Gasteiger charge is -2.15. The Balaban J connectivity index is 2.12. The van der Waals surface area contributed by atoms with Gasteiger partial charge in [0, 0.05) is 25.2 Å². The summed E-state index contributed by atoms with van der Waals surface area (Å²) in [5.41, 5.74) is 0.990. The minimum Gasteiger partial charge on any atom is -0.392 e. The molecule has 1 saturated heterocycles. The van der Waals surface area contributed by atoms with Crippen LogP contribution in [0.4, 0.5) is 4.39 Å². The van der Waals surface area contributed by atoms with Gasteiger partial charge in [-0.3, -0.25) is 4.90 Å². The molecule has 4 heteroatoms. The van der Waals surface area contributed by atoms with Crippen molar-refractivity contribution >= 4 is 0 Å². The van der Waals surface area contributed by atoms with Crippen molar-refractivity contribution in [3.8, 4) is 6.07 Å². The van der Waals surface area contributed by atoms with Crippen LogP contribution in [0.1, 0.15) is 17.5 Å². The first kappa shape index (κ1) is 11.1. The van der Waals surface area contributed by atoms with Crippen molar-refractivity contribution in [3.05, 3.63) is 35.1 Å². The van der Waals surface area contributed by atoms with Crippen LogP contribution in [-0.2, 0) is 6.54 Å². The largest absolute Gasteiger partial charge is 0.392 e. The van der Waals surface area contributed by atoms with Gasteiger partial charge in [0.2, 0.25) is 0 Å². The Kier molecular flexibility index (Phi) is 3.18. The predicted molar refractivity (Wildman–Crippen MR) is 57.0 cm³/mol. The lowest BCUT2D eigenvalue weighted by atomic mass is 10.1. The summed E-state index contributed by atoms with van der Waals surface area (Å²) in [4.78, 5) is 1.99. The summed E-state index contributed by atoms with van der Waals surface area (Å²) in [5, 5.41) is 18.1. The Morgan fingerprint density at radius 2 is 2.38 bits per heavy atom. The number of halogens is 1. The van der Waals surface area contributed by atoms with Gasteiger partial charge in [-0.1, -0.05) is 0 Å². The van der Waals surface area contributed by atoms with Crippen molar-refractivity contribution in [2.45, 2.75) is 19.1 Å². The van der Waals surface area contributed by atoms with E-state index in [0.29, 0.717) is 24.2 Å². The second-order valence-electron chi connectivity index (χ2n) is 4.10. The highest BCUT2D eigenvalue weighted by Crippen LogP contribution is 2.16. The number of hydrogen-bond acceptors (Lipinski definition) is 3. The number of likely N-dealkylation sites (tertiary alicyclic amines) is 1. The van der Waals surface area contributed by atoms with E-state index in [1.807, 2.05) is 11.0 Å². The van der Waals surface area contributed by atoms with Crippen molar-refractivity contribution < 1.29 is 9.50 Å². The number of β-amino-alcohol motifs (C(OH)–C–C–N with tert-alkyl or cyclic N) is 1. The van der Waals surface area contributed by atoms with Crippen molar-refractivity contribution in [1.82, 2.24) is 4.90 Å². The molecule has 84 valence electrons. The summed E-state index contributed by atoms with van der Waals surface area (Å²) in [5.74, 6) is -0.291. The monoisotopic (exact) mass is 220 g/mol. The van der Waals surface area contributed by atoms with Crippen molar-refractivity contribution in [2.24, 2.45) is 0 Å². The van der Waals surface area contributed by atoms with E-state index in [1.165, 1.54) is 12.1 Å². The number of rotatable bonds is 2. The van der Waals surface area contributed by atoms with Gasteiger partial charge in [-0.15, -0.1) is 0 Å². The van der Waals surface area contributed by atoms with E-state index in [9.17, 15) is 9.50 Å². The fourth-order valence-electron chi connectivity index (χ4n) is 1.96. The molecule has 0 bridgehead atoms. The van der Waals surface area contributed by atoms with Gasteiger partial charge < -0.3 is 5.11 Å². The van der Waals surface area contributed by atoms with Gasteiger partial charge in [0.25, 0.3) is 0 Å². The molecule has 0 aliphatic carbocycles. The van der Waals surface area contributed by atoms with Crippen LogP contribution in [0.15, 0.2) is 18.2 Å². The molecule has 1 N–H and O–H groups in total. The SMILES string of the molecule is N#Cc1ccc(F)c(CN2CC[C@H](O)C2)c1. The number of nitriles is 1. The Morgan fingerprint density at radius 1 is 1.56 bits per heavy atom. The van der Waals surface area contributed by atoms with Gasteiger partial charge >= 0.3 is 0 Å². The zero-order valence-electron chi connectivity index (χ0n) is 8.86. The quantitative estimate of drug-likeness (QED) is 0.816. The second kappa shape index (κ2) is 4.60. The molecule has 0 spiro atoms. The predicted octanol–water partition coefficient (Wildman–Crippen LogP) is 1.26. The third-order valence-corrected chi connectivity index (χ3v) is 2.82. The molecular formula is C12H13FN2O. The van der Waals surface area contributed by atoms with Gasteiger partial charge in [-0.2, -0.15) is 5.26 Å². The van der Waals surface area contributed by atoms with Crippen molar-refractivity contribution in [1.29, 1.82) is 5.26 Å². The molecule has 2 rings (SSSR count). The average Bonchev–Trinajstić information content (AvgIpc) is 2.67. The summed E-state index contributed by atoms with van der Waals surface area (Å²) < 4.78 is 13.5. The topological polar surface area (TPSA) is 47.3 Å². The molecule has 0 radical (unpaired) electrons. The van der Waals surface area contributed by atoms with Crippen LogP contribution in [0.2, 0.25) is 0 Å². The maximum absolute atomic E-state index is 13.5. The van der Waals surface area contributed by atoms with Crippen LogP contribution < -0.4 is 0 Å².